The highest BCUT2D eigenvalue weighted by molar-refractivity contribution is 7.90. The van der Waals surface area contributed by atoms with Crippen LogP contribution >= 0.6 is 11.3 Å². The molecule has 1 unspecified atom stereocenters. The number of aromatic nitrogens is 2. The molecule has 0 amide bonds. The predicted octanol–water partition coefficient (Wildman–Crippen LogP) is 4.58. The largest absolute Gasteiger partial charge is 0.299 e. The predicted molar refractivity (Wildman–Crippen MR) is 121 cm³/mol. The molecule has 1 aliphatic carbocycles. The molecule has 1 aliphatic rings. The number of fused-ring (bicyclic) bond motifs is 1. The summed E-state index contributed by atoms with van der Waals surface area (Å²) in [4.78, 5) is 21.0. The maximum absolute atomic E-state index is 12.8. The fourth-order valence-corrected chi connectivity index (χ4v) is 6.00. The second-order valence-corrected chi connectivity index (χ2v) is 10.8. The minimum atomic E-state index is -3.51. The van der Waals surface area contributed by atoms with Crippen LogP contribution in [0.15, 0.2) is 77.3 Å². The number of thiophene rings is 1. The van der Waals surface area contributed by atoms with Crippen LogP contribution in [0.4, 0.5) is 0 Å². The second kappa shape index (κ2) is 7.98. The maximum Gasteiger partial charge on any atom is 0.185 e. The van der Waals surface area contributed by atoms with E-state index in [0.717, 1.165) is 17.5 Å². The molecule has 7 heteroatoms. The number of nitrogens with zero attached hydrogens (tertiary/aromatic N) is 2. The van der Waals surface area contributed by atoms with Gasteiger partial charge >= 0.3 is 0 Å². The average molecular weight is 449 g/mol. The molecule has 0 N–H and O–H groups in total. The van der Waals surface area contributed by atoms with Crippen LogP contribution < -0.4 is 0 Å². The van der Waals surface area contributed by atoms with Gasteiger partial charge in [0.15, 0.2) is 9.84 Å². The molecule has 2 heterocycles. The van der Waals surface area contributed by atoms with Crippen molar-refractivity contribution in [2.45, 2.75) is 29.4 Å². The summed E-state index contributed by atoms with van der Waals surface area (Å²) in [5.41, 5.74) is 2.07. The molecular formula is C24H20N2O3S2. The average Bonchev–Trinajstić information content (AvgIpc) is 3.44. The zero-order valence-electron chi connectivity index (χ0n) is 16.6. The van der Waals surface area contributed by atoms with Crippen molar-refractivity contribution in [2.24, 2.45) is 5.92 Å². The monoisotopic (exact) mass is 448 g/mol. The van der Waals surface area contributed by atoms with E-state index in [0.29, 0.717) is 6.42 Å². The second-order valence-electron chi connectivity index (χ2n) is 7.88. The fraction of sp³-hybridized carbons (Fsp3) is 0.208. The summed E-state index contributed by atoms with van der Waals surface area (Å²) in [6.45, 7) is 0. The van der Waals surface area contributed by atoms with Crippen molar-refractivity contribution < 1.29 is 13.2 Å². The molecule has 2 atom stereocenters. The number of carbonyl (C=O) groups excluding carboxylic acids is 1. The first-order chi connectivity index (χ1) is 15.0. The molecule has 0 saturated heterocycles. The Morgan fingerprint density at radius 2 is 1.81 bits per heavy atom. The molecule has 0 aliphatic heterocycles. The molecule has 5 rings (SSSR count). The lowest BCUT2D eigenvalue weighted by Gasteiger charge is -2.06. The van der Waals surface area contributed by atoms with Gasteiger partial charge in [-0.15, -0.1) is 11.3 Å². The van der Waals surface area contributed by atoms with Gasteiger partial charge in [0.05, 0.1) is 4.90 Å². The molecule has 156 valence electrons. The van der Waals surface area contributed by atoms with Gasteiger partial charge in [-0.25, -0.2) is 18.4 Å². The molecule has 2 aromatic heterocycles. The Hall–Kier alpha value is -2.90. The van der Waals surface area contributed by atoms with Crippen molar-refractivity contribution in [3.63, 3.8) is 0 Å². The number of hydrogen-bond donors (Lipinski definition) is 0. The van der Waals surface area contributed by atoms with Gasteiger partial charge in [-0.1, -0.05) is 24.3 Å². The first-order valence-corrected chi connectivity index (χ1v) is 12.6. The van der Waals surface area contributed by atoms with Gasteiger partial charge in [0.1, 0.15) is 17.4 Å². The van der Waals surface area contributed by atoms with Crippen molar-refractivity contribution in [1.82, 2.24) is 9.97 Å². The summed E-state index contributed by atoms with van der Waals surface area (Å²) in [5, 5.41) is 3.27. The first-order valence-electron chi connectivity index (χ1n) is 10.1. The summed E-state index contributed by atoms with van der Waals surface area (Å²) in [6.07, 6.45) is 4.33. The molecule has 1 fully saturated rings. The lowest BCUT2D eigenvalue weighted by atomic mass is 10.0. The van der Waals surface area contributed by atoms with Crippen LogP contribution in [0.3, 0.4) is 0 Å². The first kappa shape index (κ1) is 20.0. The third kappa shape index (κ3) is 4.29. The van der Waals surface area contributed by atoms with Gasteiger partial charge in [0, 0.05) is 29.4 Å². The van der Waals surface area contributed by atoms with Crippen LogP contribution in [0, 0.1) is 5.92 Å². The van der Waals surface area contributed by atoms with Gasteiger partial charge in [0.25, 0.3) is 0 Å². The molecule has 1 saturated carbocycles. The smallest absolute Gasteiger partial charge is 0.185 e. The number of benzene rings is 2. The molecule has 0 bridgehead atoms. The third-order valence-corrected chi connectivity index (χ3v) is 8.22. The normalized spacial score (nSPS) is 18.2. The molecule has 0 spiro atoms. The van der Waals surface area contributed by atoms with E-state index in [2.05, 4.69) is 33.5 Å². The summed E-state index contributed by atoms with van der Waals surface area (Å²) < 4.78 is 26.4. The van der Waals surface area contributed by atoms with Crippen LogP contribution in [0.5, 0.6) is 0 Å². The molecule has 2 aromatic carbocycles. The van der Waals surface area contributed by atoms with Crippen LogP contribution in [-0.4, -0.2) is 24.2 Å². The van der Waals surface area contributed by atoms with Gasteiger partial charge < -0.3 is 0 Å². The third-order valence-electron chi connectivity index (χ3n) is 5.71. The standard InChI is InChI=1S/C24H20N2O3S2/c27-22(12-16-2-3-18-8-11-30-23(18)13-16)21-14-20(21)17-4-6-19(7-5-17)31(28,29)15-24-25-9-1-10-26-24/h1-11,13,20-21H,12,14-15H2/t20?,21-/m1/s1. The zero-order valence-corrected chi connectivity index (χ0v) is 18.3. The van der Waals surface area contributed by atoms with Crippen molar-refractivity contribution in [3.05, 3.63) is 89.3 Å². The number of sulfone groups is 1. The number of ketones is 1. The van der Waals surface area contributed by atoms with Gasteiger partial charge in [-0.3, -0.25) is 4.79 Å². The number of carbonyl (C=O) groups is 1. The van der Waals surface area contributed by atoms with Crippen molar-refractivity contribution >= 4 is 37.0 Å². The highest BCUT2D eigenvalue weighted by atomic mass is 32.2. The van der Waals surface area contributed by atoms with Crippen molar-refractivity contribution in [3.8, 4) is 0 Å². The van der Waals surface area contributed by atoms with Crippen LogP contribution in [-0.2, 0) is 26.8 Å². The quantitative estimate of drug-likeness (QED) is 0.414. The number of hydrogen-bond acceptors (Lipinski definition) is 6. The summed E-state index contributed by atoms with van der Waals surface area (Å²) >= 11 is 1.69. The lowest BCUT2D eigenvalue weighted by molar-refractivity contribution is -0.119. The van der Waals surface area contributed by atoms with E-state index < -0.39 is 9.84 Å². The highest BCUT2D eigenvalue weighted by Crippen LogP contribution is 2.48. The molecule has 5 nitrogen and oxygen atoms in total. The van der Waals surface area contributed by atoms with Crippen molar-refractivity contribution in [2.75, 3.05) is 0 Å². The SMILES string of the molecule is O=C(Cc1ccc2ccsc2c1)[C@@H]1CC1c1ccc(S(=O)(=O)Cc2ncccn2)cc1. The molecule has 4 aromatic rings. The van der Waals surface area contributed by atoms with Gasteiger partial charge in [-0.2, -0.15) is 0 Å². The van der Waals surface area contributed by atoms with E-state index in [4.69, 9.17) is 0 Å². The van der Waals surface area contributed by atoms with E-state index in [-0.39, 0.29) is 34.1 Å². The minimum Gasteiger partial charge on any atom is -0.299 e. The minimum absolute atomic E-state index is 0.0132. The van der Waals surface area contributed by atoms with Crippen LogP contribution in [0.2, 0.25) is 0 Å². The molecular weight excluding hydrogens is 428 g/mol. The van der Waals surface area contributed by atoms with Crippen molar-refractivity contribution in [1.29, 1.82) is 0 Å². The zero-order chi connectivity index (χ0) is 21.4. The van der Waals surface area contributed by atoms with Crippen LogP contribution in [0.25, 0.3) is 10.1 Å². The maximum atomic E-state index is 12.8. The van der Waals surface area contributed by atoms with E-state index in [1.165, 1.54) is 22.5 Å². The number of rotatable bonds is 7. The van der Waals surface area contributed by atoms with E-state index in [1.54, 1.807) is 29.5 Å². The Bertz CT molecular complexity index is 1350. The molecule has 0 radical (unpaired) electrons. The van der Waals surface area contributed by atoms with Gasteiger partial charge in [-0.05, 0) is 64.6 Å². The highest BCUT2D eigenvalue weighted by Gasteiger charge is 2.43. The Morgan fingerprint density at radius 3 is 2.58 bits per heavy atom. The fourth-order valence-electron chi connectivity index (χ4n) is 3.94. The Morgan fingerprint density at radius 1 is 1.03 bits per heavy atom. The summed E-state index contributed by atoms with van der Waals surface area (Å²) in [5.74, 6) is 0.483. The molecule has 31 heavy (non-hydrogen) atoms. The van der Waals surface area contributed by atoms with Gasteiger partial charge in [0.2, 0.25) is 0 Å². The lowest BCUT2D eigenvalue weighted by Crippen LogP contribution is -2.08. The van der Waals surface area contributed by atoms with E-state index in [9.17, 15) is 13.2 Å². The number of Topliss-reactive ketones (excluding diaryl/α,β-unsaturated/α-hetero) is 1. The van der Waals surface area contributed by atoms with Crippen LogP contribution in [0.1, 0.15) is 29.3 Å². The topological polar surface area (TPSA) is 77.0 Å². The van der Waals surface area contributed by atoms with E-state index in [1.807, 2.05) is 18.2 Å². The summed E-state index contributed by atoms with van der Waals surface area (Å²) in [6, 6.07) is 16.8. The van der Waals surface area contributed by atoms with E-state index >= 15 is 0 Å². The summed E-state index contributed by atoms with van der Waals surface area (Å²) in [7, 11) is -3.51. The Balaban J connectivity index is 1.24. The Labute approximate surface area is 184 Å². The Kier molecular flexibility index (Phi) is 5.16.